The average molecular weight is 365 g/mol. The Morgan fingerprint density at radius 1 is 1.10 bits per heavy atom. The second-order valence-electron chi connectivity index (χ2n) is 6.94. The van der Waals surface area contributed by atoms with Crippen LogP contribution in [0.15, 0.2) is 12.2 Å². The largest absolute Gasteiger partial charge is 0.462 e. The molecule has 21 heavy (non-hydrogen) atoms. The Balaban J connectivity index is 3.66. The third-order valence-corrected chi connectivity index (χ3v) is 17.5. The molecule has 0 rings (SSSR count). The number of hydrogen-bond acceptors (Lipinski definition) is 4. The van der Waals surface area contributed by atoms with Gasteiger partial charge in [0.05, 0.1) is 6.61 Å². The molecule has 0 aromatic heterocycles. The fourth-order valence-corrected chi connectivity index (χ4v) is 12.3. The van der Waals surface area contributed by atoms with Crippen molar-refractivity contribution in [3.05, 3.63) is 12.2 Å². The number of rotatable bonds is 11. The van der Waals surface area contributed by atoms with Gasteiger partial charge in [0.15, 0.2) is 16.6 Å². The molecule has 4 nitrogen and oxygen atoms in total. The zero-order valence-electron chi connectivity index (χ0n) is 14.6. The minimum Gasteiger partial charge on any atom is -0.462 e. The molecule has 0 atom stereocenters. The third kappa shape index (κ3) is 13.4. The summed E-state index contributed by atoms with van der Waals surface area (Å²) in [7, 11) is -3.76. The molecule has 0 fully saturated rings. The molecule has 124 valence electrons. The van der Waals surface area contributed by atoms with Gasteiger partial charge in [0.2, 0.25) is 0 Å². The van der Waals surface area contributed by atoms with Gasteiger partial charge in [0, 0.05) is 5.57 Å². The first-order valence-corrected chi connectivity index (χ1v) is 17.3. The van der Waals surface area contributed by atoms with Crippen LogP contribution in [0.25, 0.3) is 0 Å². The van der Waals surface area contributed by atoms with E-state index in [2.05, 4.69) is 39.3 Å². The molecule has 0 radical (unpaired) electrons. The van der Waals surface area contributed by atoms with Gasteiger partial charge < -0.3 is 13.0 Å². The predicted octanol–water partition coefficient (Wildman–Crippen LogP) is 2.11. The van der Waals surface area contributed by atoms with E-state index >= 15 is 0 Å². The highest BCUT2D eigenvalue weighted by atomic mass is 28.4. The summed E-state index contributed by atoms with van der Waals surface area (Å²) >= 11 is 0. The summed E-state index contributed by atoms with van der Waals surface area (Å²) in [6.07, 6.45) is 0.901. The van der Waals surface area contributed by atoms with Crippen molar-refractivity contribution in [2.45, 2.75) is 57.8 Å². The lowest BCUT2D eigenvalue weighted by atomic mass is 10.4. The van der Waals surface area contributed by atoms with Crippen molar-refractivity contribution in [2.75, 3.05) is 6.61 Å². The highest BCUT2D eigenvalue weighted by molar-refractivity contribution is 6.83. The first-order valence-electron chi connectivity index (χ1n) is 7.64. The first-order chi connectivity index (χ1) is 9.53. The summed E-state index contributed by atoms with van der Waals surface area (Å²) < 4.78 is 17.3. The Labute approximate surface area is 136 Å². The summed E-state index contributed by atoms with van der Waals surface area (Å²) in [6, 6.07) is 1.07. The van der Waals surface area contributed by atoms with Crippen LogP contribution in [-0.2, 0) is 17.8 Å². The predicted molar refractivity (Wildman–Crippen MR) is 100 cm³/mol. The molecule has 0 aliphatic heterocycles. The molecule has 0 aromatic rings. The van der Waals surface area contributed by atoms with E-state index in [1.54, 1.807) is 6.92 Å². The van der Waals surface area contributed by atoms with Gasteiger partial charge in [-0.3, -0.25) is 0 Å². The molecular formula is C13H32O4Si4. The topological polar surface area (TPSA) is 44.8 Å². The van der Waals surface area contributed by atoms with Gasteiger partial charge in [0.25, 0.3) is 0 Å². The summed E-state index contributed by atoms with van der Waals surface area (Å²) in [4.78, 5) is 11.2. The minimum atomic E-state index is -1.50. The van der Waals surface area contributed by atoms with Crippen LogP contribution in [0.5, 0.6) is 0 Å². The highest BCUT2D eigenvalue weighted by Gasteiger charge is 2.23. The fourth-order valence-electron chi connectivity index (χ4n) is 1.52. The van der Waals surface area contributed by atoms with Gasteiger partial charge in [-0.25, -0.2) is 4.79 Å². The Bertz CT molecular complexity index is 340. The molecule has 0 aromatic carbocycles. The van der Waals surface area contributed by atoms with Gasteiger partial charge in [-0.15, -0.1) is 0 Å². The standard InChI is InChI=1S/C13H32O4Si4/c1-12(2)13(14)15-9-8-10-18-17-21(6,7)11-19-16-20(3,4)5/h1,8-11,18-19H2,2-7H3. The summed E-state index contributed by atoms with van der Waals surface area (Å²) in [5, 5.41) is 0. The van der Waals surface area contributed by atoms with E-state index in [1.807, 2.05) is 0 Å². The van der Waals surface area contributed by atoms with E-state index in [0.29, 0.717) is 12.2 Å². The van der Waals surface area contributed by atoms with Gasteiger partial charge in [-0.05, 0) is 57.8 Å². The summed E-state index contributed by atoms with van der Waals surface area (Å²) in [6.45, 7) is 17.0. The molecule has 0 bridgehead atoms. The van der Waals surface area contributed by atoms with Crippen molar-refractivity contribution >= 4 is 42.1 Å². The maximum absolute atomic E-state index is 11.2. The summed E-state index contributed by atoms with van der Waals surface area (Å²) in [5.74, 6) is -0.290. The maximum Gasteiger partial charge on any atom is 0.333 e. The van der Waals surface area contributed by atoms with E-state index in [1.165, 1.54) is 5.67 Å². The molecule has 0 unspecified atom stereocenters. The second-order valence-corrected chi connectivity index (χ2v) is 20.5. The highest BCUT2D eigenvalue weighted by Crippen LogP contribution is 2.12. The number of carbonyl (C=O) groups excluding carboxylic acids is 1. The quantitative estimate of drug-likeness (QED) is 0.244. The van der Waals surface area contributed by atoms with Crippen LogP contribution in [0.2, 0.25) is 44.4 Å². The lowest BCUT2D eigenvalue weighted by molar-refractivity contribution is -0.138. The van der Waals surface area contributed by atoms with Gasteiger partial charge in [-0.1, -0.05) is 6.58 Å². The average Bonchev–Trinajstić information content (AvgIpc) is 2.30. The van der Waals surface area contributed by atoms with Gasteiger partial charge in [-0.2, -0.15) is 0 Å². The minimum absolute atomic E-state index is 0.290. The molecule has 0 heterocycles. The lowest BCUT2D eigenvalue weighted by Gasteiger charge is -2.25. The van der Waals surface area contributed by atoms with Crippen molar-refractivity contribution in [1.29, 1.82) is 0 Å². The van der Waals surface area contributed by atoms with E-state index in [9.17, 15) is 4.79 Å². The van der Waals surface area contributed by atoms with E-state index < -0.39 is 36.2 Å². The Morgan fingerprint density at radius 3 is 2.24 bits per heavy atom. The van der Waals surface area contributed by atoms with E-state index in [0.717, 1.165) is 12.5 Å². The number of carbonyl (C=O) groups is 1. The Hall–Kier alpha value is -0.00247. The van der Waals surface area contributed by atoms with Crippen LogP contribution in [0.1, 0.15) is 13.3 Å². The van der Waals surface area contributed by atoms with Crippen molar-refractivity contribution in [3.63, 3.8) is 0 Å². The molecule has 0 spiro atoms. The van der Waals surface area contributed by atoms with Crippen molar-refractivity contribution in [2.24, 2.45) is 0 Å². The molecule has 0 amide bonds. The van der Waals surface area contributed by atoms with Crippen LogP contribution in [0, 0.1) is 0 Å². The van der Waals surface area contributed by atoms with Crippen LogP contribution in [0.4, 0.5) is 0 Å². The van der Waals surface area contributed by atoms with E-state index in [-0.39, 0.29) is 5.97 Å². The molecule has 0 saturated carbocycles. The van der Waals surface area contributed by atoms with Gasteiger partial charge >= 0.3 is 5.97 Å². The SMILES string of the molecule is C=C(C)C(=O)OCCC[SiH2]O[Si](C)(C)C[SiH2]O[Si](C)(C)C. The molecule has 0 saturated heterocycles. The van der Waals surface area contributed by atoms with Crippen molar-refractivity contribution in [3.8, 4) is 0 Å². The van der Waals surface area contributed by atoms with Crippen LogP contribution in [-0.4, -0.2) is 48.7 Å². The molecular weight excluding hydrogens is 332 g/mol. The van der Waals surface area contributed by atoms with Crippen LogP contribution in [0.3, 0.4) is 0 Å². The monoisotopic (exact) mass is 364 g/mol. The number of hydrogen-bond donors (Lipinski definition) is 0. The third-order valence-electron chi connectivity index (χ3n) is 2.85. The van der Waals surface area contributed by atoms with Crippen LogP contribution >= 0.6 is 0 Å². The van der Waals surface area contributed by atoms with Gasteiger partial charge in [0.1, 0.15) is 19.5 Å². The summed E-state index contributed by atoms with van der Waals surface area (Å²) in [5.41, 5.74) is 1.67. The zero-order valence-corrected chi connectivity index (χ0v) is 19.4. The number of esters is 1. The van der Waals surface area contributed by atoms with Crippen molar-refractivity contribution in [1.82, 2.24) is 0 Å². The smallest absolute Gasteiger partial charge is 0.333 e. The maximum atomic E-state index is 11.2. The molecule has 0 aliphatic carbocycles. The lowest BCUT2D eigenvalue weighted by Crippen LogP contribution is -2.37. The number of ether oxygens (including phenoxy) is 1. The van der Waals surface area contributed by atoms with E-state index in [4.69, 9.17) is 13.0 Å². The molecule has 8 heteroatoms. The molecule has 0 N–H and O–H groups in total. The molecule has 0 aliphatic rings. The zero-order chi connectivity index (χ0) is 16.5. The second kappa shape index (κ2) is 9.90. The van der Waals surface area contributed by atoms with Crippen molar-refractivity contribution < 1.29 is 17.8 Å². The normalized spacial score (nSPS) is 13.4. The van der Waals surface area contributed by atoms with Crippen LogP contribution < -0.4 is 0 Å². The Kier molecular flexibility index (Phi) is 9.90. The first kappa shape index (κ1) is 21.0. The fraction of sp³-hybridized carbons (Fsp3) is 0.769. The Morgan fingerprint density at radius 2 is 1.71 bits per heavy atom.